The number of likely N-dealkylation sites (tertiary alicyclic amines) is 1. The van der Waals surface area contributed by atoms with Crippen LogP contribution in [0.5, 0.6) is 5.75 Å². The van der Waals surface area contributed by atoms with E-state index in [1.54, 1.807) is 36.1 Å². The number of piperidine rings is 1. The minimum atomic E-state index is -0.620. The van der Waals surface area contributed by atoms with Crippen LogP contribution in [-0.4, -0.2) is 51.9 Å². The van der Waals surface area contributed by atoms with Crippen LogP contribution in [0.4, 0.5) is 0 Å². The molecule has 0 saturated carbocycles. The van der Waals surface area contributed by atoms with E-state index in [2.05, 4.69) is 15.3 Å². The summed E-state index contributed by atoms with van der Waals surface area (Å²) < 4.78 is 5.64. The van der Waals surface area contributed by atoms with Crippen molar-refractivity contribution in [2.24, 2.45) is 0 Å². The van der Waals surface area contributed by atoms with E-state index >= 15 is 0 Å². The van der Waals surface area contributed by atoms with Crippen LogP contribution in [0.3, 0.4) is 0 Å². The second kappa shape index (κ2) is 8.81. The predicted molar refractivity (Wildman–Crippen MR) is 101 cm³/mol. The molecule has 7 nitrogen and oxygen atoms in total. The molecule has 1 aromatic carbocycles. The summed E-state index contributed by atoms with van der Waals surface area (Å²) >= 11 is 5.84. The van der Waals surface area contributed by atoms with Gasteiger partial charge in [0.25, 0.3) is 11.8 Å². The standard InChI is InChI=1S/C19H21ClN4O3/c1-13(27-16-4-2-14(20)3-5-16)18(25)23-15-6-10-24(11-7-15)19(26)17-12-21-8-9-22-17/h2-5,8-9,12-13,15H,6-7,10-11H2,1H3,(H,23,25). The van der Waals surface area contributed by atoms with Crippen LogP contribution in [0.1, 0.15) is 30.3 Å². The van der Waals surface area contributed by atoms with E-state index in [4.69, 9.17) is 16.3 Å². The normalized spacial score (nSPS) is 15.9. The summed E-state index contributed by atoms with van der Waals surface area (Å²) in [4.78, 5) is 34.4. The number of ether oxygens (including phenoxy) is 1. The second-order valence-electron chi connectivity index (χ2n) is 6.38. The van der Waals surface area contributed by atoms with E-state index in [0.29, 0.717) is 42.4 Å². The van der Waals surface area contributed by atoms with Crippen LogP contribution >= 0.6 is 11.6 Å². The van der Waals surface area contributed by atoms with Gasteiger partial charge in [-0.3, -0.25) is 14.6 Å². The predicted octanol–water partition coefficient (Wildman–Crippen LogP) is 2.32. The number of carbonyl (C=O) groups is 2. The molecule has 1 atom stereocenters. The number of hydrogen-bond acceptors (Lipinski definition) is 5. The third-order valence-electron chi connectivity index (χ3n) is 4.41. The molecular formula is C19H21ClN4O3. The minimum absolute atomic E-state index is 0.0136. The van der Waals surface area contributed by atoms with Crippen LogP contribution in [0, 0.1) is 0 Å². The molecule has 1 aliphatic rings. The summed E-state index contributed by atoms with van der Waals surface area (Å²) in [7, 11) is 0. The summed E-state index contributed by atoms with van der Waals surface area (Å²) in [6, 6.07) is 6.89. The fraction of sp³-hybridized carbons (Fsp3) is 0.368. The van der Waals surface area contributed by atoms with Crippen LogP contribution in [0.25, 0.3) is 0 Å². The average molecular weight is 389 g/mol. The number of halogens is 1. The molecule has 142 valence electrons. The molecule has 2 amide bonds. The maximum absolute atomic E-state index is 12.4. The molecule has 1 aromatic heterocycles. The van der Waals surface area contributed by atoms with Gasteiger partial charge in [-0.2, -0.15) is 0 Å². The molecule has 1 N–H and O–H groups in total. The fourth-order valence-corrected chi connectivity index (χ4v) is 3.01. The number of amides is 2. The van der Waals surface area contributed by atoms with Crippen molar-refractivity contribution < 1.29 is 14.3 Å². The first kappa shape index (κ1) is 19.1. The zero-order valence-corrected chi connectivity index (χ0v) is 15.7. The van der Waals surface area contributed by atoms with Crippen molar-refractivity contribution in [1.29, 1.82) is 0 Å². The van der Waals surface area contributed by atoms with Crippen LogP contribution in [-0.2, 0) is 4.79 Å². The lowest BCUT2D eigenvalue weighted by molar-refractivity contribution is -0.128. The topological polar surface area (TPSA) is 84.4 Å². The lowest BCUT2D eigenvalue weighted by atomic mass is 10.0. The van der Waals surface area contributed by atoms with E-state index in [0.717, 1.165) is 0 Å². The fourth-order valence-electron chi connectivity index (χ4n) is 2.89. The number of hydrogen-bond donors (Lipinski definition) is 1. The van der Waals surface area contributed by atoms with Crippen molar-refractivity contribution in [2.75, 3.05) is 13.1 Å². The molecule has 2 aromatic rings. The number of nitrogens with zero attached hydrogens (tertiary/aromatic N) is 3. The van der Waals surface area contributed by atoms with Crippen molar-refractivity contribution in [1.82, 2.24) is 20.2 Å². The first-order chi connectivity index (χ1) is 13.0. The Bertz CT molecular complexity index is 777. The number of nitrogens with one attached hydrogen (secondary N) is 1. The second-order valence-corrected chi connectivity index (χ2v) is 6.82. The van der Waals surface area contributed by atoms with Crippen LogP contribution < -0.4 is 10.1 Å². The van der Waals surface area contributed by atoms with Crippen LogP contribution in [0.2, 0.25) is 5.02 Å². The highest BCUT2D eigenvalue weighted by molar-refractivity contribution is 6.30. The zero-order valence-electron chi connectivity index (χ0n) is 15.0. The van der Waals surface area contributed by atoms with Gasteiger partial charge in [0.15, 0.2) is 6.10 Å². The van der Waals surface area contributed by atoms with Gasteiger partial charge in [0.05, 0.1) is 6.20 Å². The molecule has 0 aliphatic carbocycles. The summed E-state index contributed by atoms with van der Waals surface area (Å²) in [5.41, 5.74) is 0.338. The van der Waals surface area contributed by atoms with Crippen molar-refractivity contribution in [3.63, 3.8) is 0 Å². The van der Waals surface area contributed by atoms with Gasteiger partial charge < -0.3 is 15.0 Å². The van der Waals surface area contributed by atoms with Gasteiger partial charge in [-0.1, -0.05) is 11.6 Å². The van der Waals surface area contributed by atoms with Crippen LogP contribution in [0.15, 0.2) is 42.9 Å². The Kier molecular flexibility index (Phi) is 6.24. The molecule has 8 heteroatoms. The Balaban J connectivity index is 1.46. The van der Waals surface area contributed by atoms with E-state index < -0.39 is 6.10 Å². The van der Waals surface area contributed by atoms with Gasteiger partial charge in [0, 0.05) is 36.5 Å². The molecule has 27 heavy (non-hydrogen) atoms. The van der Waals surface area contributed by atoms with Gasteiger partial charge in [0.2, 0.25) is 0 Å². The van der Waals surface area contributed by atoms with E-state index in [9.17, 15) is 9.59 Å². The number of benzene rings is 1. The van der Waals surface area contributed by atoms with E-state index in [-0.39, 0.29) is 17.9 Å². The maximum Gasteiger partial charge on any atom is 0.274 e. The third-order valence-corrected chi connectivity index (χ3v) is 4.66. The quantitative estimate of drug-likeness (QED) is 0.849. The molecule has 0 bridgehead atoms. The zero-order chi connectivity index (χ0) is 19.2. The SMILES string of the molecule is CC(Oc1ccc(Cl)cc1)C(=O)NC1CCN(C(=O)c2cnccn2)CC1. The Hall–Kier alpha value is -2.67. The number of rotatable bonds is 5. The Morgan fingerprint density at radius 1 is 1.22 bits per heavy atom. The highest BCUT2D eigenvalue weighted by Crippen LogP contribution is 2.17. The van der Waals surface area contributed by atoms with E-state index in [1.807, 2.05) is 0 Å². The van der Waals surface area contributed by atoms with Crippen molar-refractivity contribution in [2.45, 2.75) is 31.9 Å². The van der Waals surface area contributed by atoms with Crippen molar-refractivity contribution >= 4 is 23.4 Å². The first-order valence-electron chi connectivity index (χ1n) is 8.81. The highest BCUT2D eigenvalue weighted by atomic mass is 35.5. The number of aromatic nitrogens is 2. The average Bonchev–Trinajstić information content (AvgIpc) is 2.70. The van der Waals surface area contributed by atoms with Gasteiger partial charge in [-0.05, 0) is 44.0 Å². The molecular weight excluding hydrogens is 368 g/mol. The lowest BCUT2D eigenvalue weighted by Gasteiger charge is -2.32. The molecule has 1 aliphatic heterocycles. The lowest BCUT2D eigenvalue weighted by Crippen LogP contribution is -2.49. The molecule has 1 saturated heterocycles. The summed E-state index contributed by atoms with van der Waals surface area (Å²) in [6.45, 7) is 2.83. The molecule has 3 rings (SSSR count). The molecule has 1 unspecified atom stereocenters. The van der Waals surface area contributed by atoms with Crippen molar-refractivity contribution in [3.8, 4) is 5.75 Å². The molecule has 0 radical (unpaired) electrons. The molecule has 1 fully saturated rings. The van der Waals surface area contributed by atoms with Crippen molar-refractivity contribution in [3.05, 3.63) is 53.6 Å². The van der Waals surface area contributed by atoms with Gasteiger partial charge in [-0.15, -0.1) is 0 Å². The Labute approximate surface area is 162 Å². The summed E-state index contributed by atoms with van der Waals surface area (Å²) in [6.07, 6.45) is 5.25. The molecule has 2 heterocycles. The van der Waals surface area contributed by atoms with E-state index in [1.165, 1.54) is 18.6 Å². The van der Waals surface area contributed by atoms with Gasteiger partial charge >= 0.3 is 0 Å². The Morgan fingerprint density at radius 3 is 2.56 bits per heavy atom. The largest absolute Gasteiger partial charge is 0.481 e. The summed E-state index contributed by atoms with van der Waals surface area (Å²) in [5, 5.41) is 3.61. The summed E-state index contributed by atoms with van der Waals surface area (Å²) in [5.74, 6) is 0.280. The highest BCUT2D eigenvalue weighted by Gasteiger charge is 2.26. The minimum Gasteiger partial charge on any atom is -0.481 e. The van der Waals surface area contributed by atoms with Gasteiger partial charge in [-0.25, -0.2) is 4.98 Å². The smallest absolute Gasteiger partial charge is 0.274 e. The Morgan fingerprint density at radius 2 is 1.93 bits per heavy atom. The third kappa shape index (κ3) is 5.17. The number of carbonyl (C=O) groups excluding carboxylic acids is 2. The maximum atomic E-state index is 12.4. The molecule has 0 spiro atoms. The monoisotopic (exact) mass is 388 g/mol. The van der Waals surface area contributed by atoms with Gasteiger partial charge in [0.1, 0.15) is 11.4 Å². The first-order valence-corrected chi connectivity index (χ1v) is 9.18.